The second kappa shape index (κ2) is 9.50. The zero-order valence-electron chi connectivity index (χ0n) is 15.1. The molecule has 1 aliphatic carbocycles. The van der Waals surface area contributed by atoms with Crippen LogP contribution in [-0.2, 0) is 13.2 Å². The van der Waals surface area contributed by atoms with E-state index in [9.17, 15) is 0 Å². The van der Waals surface area contributed by atoms with Gasteiger partial charge in [-0.05, 0) is 42.2 Å². The van der Waals surface area contributed by atoms with Gasteiger partial charge in [-0.25, -0.2) is 0 Å². The van der Waals surface area contributed by atoms with Crippen molar-refractivity contribution in [2.24, 2.45) is 0 Å². The molecule has 0 aliphatic heterocycles. The van der Waals surface area contributed by atoms with Crippen LogP contribution in [0.2, 0.25) is 10.0 Å². The predicted molar refractivity (Wildman–Crippen MR) is 108 cm³/mol. The first-order valence-corrected chi connectivity index (χ1v) is 9.88. The Labute approximate surface area is 165 Å². The summed E-state index contributed by atoms with van der Waals surface area (Å²) < 4.78 is 11.4. The minimum atomic E-state index is 0.434. The molecule has 0 saturated heterocycles. The number of ether oxygens (including phenoxy) is 2. The molecule has 3 rings (SSSR count). The molecule has 0 unspecified atom stereocenters. The highest BCUT2D eigenvalue weighted by Crippen LogP contribution is 2.34. The molecule has 1 saturated carbocycles. The van der Waals surface area contributed by atoms with Crippen molar-refractivity contribution in [3.63, 3.8) is 0 Å². The number of nitrogens with one attached hydrogen (secondary N) is 1. The summed E-state index contributed by atoms with van der Waals surface area (Å²) in [5.41, 5.74) is 2.07. The molecule has 1 aliphatic rings. The van der Waals surface area contributed by atoms with E-state index in [2.05, 4.69) is 5.32 Å². The summed E-state index contributed by atoms with van der Waals surface area (Å²) >= 11 is 12.4. The van der Waals surface area contributed by atoms with Gasteiger partial charge in [0.2, 0.25) is 0 Å². The molecule has 0 heterocycles. The SMILES string of the molecule is COc1cc(CNC2CCCCC2)c(Cl)cc1OCc1ccc(Cl)cc1. The van der Waals surface area contributed by atoms with Gasteiger partial charge in [-0.15, -0.1) is 0 Å². The molecule has 5 heteroatoms. The number of hydrogen-bond acceptors (Lipinski definition) is 3. The minimum absolute atomic E-state index is 0.434. The number of rotatable bonds is 7. The van der Waals surface area contributed by atoms with Crippen LogP contribution < -0.4 is 14.8 Å². The lowest BCUT2D eigenvalue weighted by Crippen LogP contribution is -2.30. The maximum absolute atomic E-state index is 6.49. The number of halogens is 2. The predicted octanol–water partition coefficient (Wildman–Crippen LogP) is 6.00. The van der Waals surface area contributed by atoms with Crippen molar-refractivity contribution >= 4 is 23.2 Å². The highest BCUT2D eigenvalue weighted by Gasteiger charge is 2.15. The van der Waals surface area contributed by atoms with Crippen LogP contribution in [0.3, 0.4) is 0 Å². The van der Waals surface area contributed by atoms with Crippen molar-refractivity contribution in [3.8, 4) is 11.5 Å². The highest BCUT2D eigenvalue weighted by atomic mass is 35.5. The van der Waals surface area contributed by atoms with Crippen LogP contribution in [0.15, 0.2) is 36.4 Å². The first-order chi connectivity index (χ1) is 12.7. The van der Waals surface area contributed by atoms with Crippen molar-refractivity contribution in [1.82, 2.24) is 5.32 Å². The summed E-state index contributed by atoms with van der Waals surface area (Å²) in [4.78, 5) is 0. The van der Waals surface area contributed by atoms with E-state index in [0.717, 1.165) is 17.7 Å². The van der Waals surface area contributed by atoms with E-state index in [4.69, 9.17) is 32.7 Å². The van der Waals surface area contributed by atoms with Crippen molar-refractivity contribution in [3.05, 3.63) is 57.6 Å². The smallest absolute Gasteiger partial charge is 0.163 e. The molecule has 0 aromatic heterocycles. The molecular weight excluding hydrogens is 369 g/mol. The third-order valence-electron chi connectivity index (χ3n) is 4.83. The van der Waals surface area contributed by atoms with Gasteiger partial charge in [0, 0.05) is 28.7 Å². The molecule has 0 spiro atoms. The largest absolute Gasteiger partial charge is 0.493 e. The molecule has 2 aromatic rings. The maximum atomic E-state index is 6.49. The van der Waals surface area contributed by atoms with Crippen molar-refractivity contribution in [2.75, 3.05) is 7.11 Å². The fraction of sp³-hybridized carbons (Fsp3) is 0.429. The lowest BCUT2D eigenvalue weighted by atomic mass is 9.95. The summed E-state index contributed by atoms with van der Waals surface area (Å²) in [5.74, 6) is 1.35. The Morgan fingerprint density at radius 3 is 2.42 bits per heavy atom. The van der Waals surface area contributed by atoms with Crippen LogP contribution in [-0.4, -0.2) is 13.2 Å². The average molecular weight is 394 g/mol. The first-order valence-electron chi connectivity index (χ1n) is 9.13. The highest BCUT2D eigenvalue weighted by molar-refractivity contribution is 6.31. The summed E-state index contributed by atoms with van der Waals surface area (Å²) in [6, 6.07) is 12.0. The fourth-order valence-electron chi connectivity index (χ4n) is 3.29. The Morgan fingerprint density at radius 2 is 1.73 bits per heavy atom. The Balaban J connectivity index is 1.64. The fourth-order valence-corrected chi connectivity index (χ4v) is 3.63. The second-order valence-corrected chi connectivity index (χ2v) is 7.57. The molecular formula is C21H25Cl2NO2. The molecule has 1 N–H and O–H groups in total. The quantitative estimate of drug-likeness (QED) is 0.625. The topological polar surface area (TPSA) is 30.5 Å². The van der Waals surface area contributed by atoms with Crippen LogP contribution in [0.4, 0.5) is 0 Å². The van der Waals surface area contributed by atoms with E-state index < -0.39 is 0 Å². The Kier molecular flexibility index (Phi) is 7.07. The second-order valence-electron chi connectivity index (χ2n) is 6.73. The van der Waals surface area contributed by atoms with E-state index in [-0.39, 0.29) is 0 Å². The molecule has 26 heavy (non-hydrogen) atoms. The first kappa shape index (κ1) is 19.3. The van der Waals surface area contributed by atoms with Gasteiger partial charge in [-0.1, -0.05) is 54.6 Å². The van der Waals surface area contributed by atoms with Gasteiger partial charge in [0.25, 0.3) is 0 Å². The van der Waals surface area contributed by atoms with Crippen LogP contribution in [0.5, 0.6) is 11.5 Å². The van der Waals surface area contributed by atoms with E-state index in [0.29, 0.717) is 34.2 Å². The number of methoxy groups -OCH3 is 1. The van der Waals surface area contributed by atoms with Gasteiger partial charge in [0.1, 0.15) is 6.61 Å². The van der Waals surface area contributed by atoms with Gasteiger partial charge in [0.05, 0.1) is 7.11 Å². The molecule has 140 valence electrons. The van der Waals surface area contributed by atoms with Crippen LogP contribution in [0.1, 0.15) is 43.2 Å². The number of hydrogen-bond donors (Lipinski definition) is 1. The Bertz CT molecular complexity index is 713. The summed E-state index contributed by atoms with van der Waals surface area (Å²) in [5, 5.41) is 5.03. The third kappa shape index (κ3) is 5.29. The minimum Gasteiger partial charge on any atom is -0.493 e. The third-order valence-corrected chi connectivity index (χ3v) is 5.43. The van der Waals surface area contributed by atoms with E-state index in [1.165, 1.54) is 32.1 Å². The normalized spacial score (nSPS) is 15.0. The summed E-state index contributed by atoms with van der Waals surface area (Å²) in [7, 11) is 1.65. The number of benzene rings is 2. The lowest BCUT2D eigenvalue weighted by molar-refractivity contribution is 0.284. The van der Waals surface area contributed by atoms with Crippen molar-refractivity contribution in [1.29, 1.82) is 0 Å². The molecule has 0 bridgehead atoms. The van der Waals surface area contributed by atoms with Crippen LogP contribution in [0, 0.1) is 0 Å². The van der Waals surface area contributed by atoms with Gasteiger partial charge in [-0.3, -0.25) is 0 Å². The average Bonchev–Trinajstić information content (AvgIpc) is 2.67. The lowest BCUT2D eigenvalue weighted by Gasteiger charge is -2.23. The molecule has 1 fully saturated rings. The zero-order chi connectivity index (χ0) is 18.4. The monoisotopic (exact) mass is 393 g/mol. The molecule has 0 atom stereocenters. The van der Waals surface area contributed by atoms with Gasteiger partial charge >= 0.3 is 0 Å². The van der Waals surface area contributed by atoms with Crippen LogP contribution in [0.25, 0.3) is 0 Å². The van der Waals surface area contributed by atoms with E-state index in [1.54, 1.807) is 7.11 Å². The molecule has 2 aromatic carbocycles. The maximum Gasteiger partial charge on any atom is 0.163 e. The van der Waals surface area contributed by atoms with Crippen LogP contribution >= 0.6 is 23.2 Å². The molecule has 0 amide bonds. The van der Waals surface area contributed by atoms with Crippen molar-refractivity contribution < 1.29 is 9.47 Å². The molecule has 0 radical (unpaired) electrons. The van der Waals surface area contributed by atoms with Gasteiger partial charge in [0.15, 0.2) is 11.5 Å². The molecule has 3 nitrogen and oxygen atoms in total. The summed E-state index contributed by atoms with van der Waals surface area (Å²) in [6.45, 7) is 1.18. The summed E-state index contributed by atoms with van der Waals surface area (Å²) in [6.07, 6.45) is 6.47. The standard InChI is InChI=1S/C21H25Cl2NO2/c1-25-20-11-16(13-24-18-5-3-2-4-6-18)19(23)12-21(20)26-14-15-7-9-17(22)10-8-15/h7-12,18,24H,2-6,13-14H2,1H3. The Hall–Kier alpha value is -1.42. The Morgan fingerprint density at radius 1 is 1.00 bits per heavy atom. The van der Waals surface area contributed by atoms with E-state index >= 15 is 0 Å². The van der Waals surface area contributed by atoms with E-state index in [1.807, 2.05) is 36.4 Å². The zero-order valence-corrected chi connectivity index (χ0v) is 16.6. The van der Waals surface area contributed by atoms with Crippen molar-refractivity contribution in [2.45, 2.75) is 51.3 Å². The van der Waals surface area contributed by atoms with Gasteiger partial charge in [-0.2, -0.15) is 0 Å². The van der Waals surface area contributed by atoms with Gasteiger partial charge < -0.3 is 14.8 Å².